The first kappa shape index (κ1) is 27.3. The maximum absolute atomic E-state index is 14.3. The molecule has 2 aliphatic carbocycles. The normalized spacial score (nSPS) is 20.8. The van der Waals surface area contributed by atoms with E-state index in [9.17, 15) is 22.2 Å². The lowest BCUT2D eigenvalue weighted by Crippen LogP contribution is -2.50. The molecule has 0 aliphatic heterocycles. The van der Waals surface area contributed by atoms with Gasteiger partial charge in [0.25, 0.3) is 0 Å². The molecule has 0 bridgehead atoms. The van der Waals surface area contributed by atoms with Gasteiger partial charge in [-0.05, 0) is 67.7 Å². The van der Waals surface area contributed by atoms with E-state index >= 15 is 0 Å². The van der Waals surface area contributed by atoms with Crippen LogP contribution in [0, 0.1) is 17.0 Å². The summed E-state index contributed by atoms with van der Waals surface area (Å²) in [6.45, 7) is -0.798. The molecule has 3 unspecified atom stereocenters. The van der Waals surface area contributed by atoms with Crippen LogP contribution in [0.25, 0.3) is 11.8 Å². The Morgan fingerprint density at radius 1 is 1.15 bits per heavy atom. The molecule has 0 amide bonds. The number of ketones is 1. The number of carbonyl (C=O) groups excluding carboxylic acids is 1. The van der Waals surface area contributed by atoms with Gasteiger partial charge in [-0.1, -0.05) is 5.57 Å². The monoisotopic (exact) mass is 580 g/mol. The topological polar surface area (TPSA) is 85.9 Å². The molecular weight excluding hydrogens is 553 g/mol. The lowest BCUT2D eigenvalue weighted by molar-refractivity contribution is 0.0737. The Balaban J connectivity index is 1.42. The second-order valence-corrected chi connectivity index (χ2v) is 11.8. The predicted octanol–water partition coefficient (Wildman–Crippen LogP) is 4.63. The number of halogens is 3. The van der Waals surface area contributed by atoms with Gasteiger partial charge in [0.1, 0.15) is 35.0 Å². The van der Waals surface area contributed by atoms with Crippen molar-refractivity contribution in [3.8, 4) is 5.69 Å². The van der Waals surface area contributed by atoms with Crippen molar-refractivity contribution in [3.05, 3.63) is 95.3 Å². The quantitative estimate of drug-likeness (QED) is 0.284. The number of hydrogen-bond donors (Lipinski definition) is 0. The summed E-state index contributed by atoms with van der Waals surface area (Å²) in [5.74, 6) is -1.28. The van der Waals surface area contributed by atoms with E-state index < -0.39 is 34.9 Å². The van der Waals surface area contributed by atoms with Gasteiger partial charge in [-0.3, -0.25) is 14.5 Å². The van der Waals surface area contributed by atoms with E-state index in [0.717, 1.165) is 22.9 Å². The molecule has 41 heavy (non-hydrogen) atoms. The van der Waals surface area contributed by atoms with E-state index in [1.165, 1.54) is 35.3 Å². The molecule has 2 aliphatic rings. The Morgan fingerprint density at radius 2 is 1.95 bits per heavy atom. The predicted molar refractivity (Wildman–Crippen MR) is 146 cm³/mol. The first-order valence-corrected chi connectivity index (χ1v) is 14.3. The molecule has 3 aromatic heterocycles. The van der Waals surface area contributed by atoms with E-state index in [0.29, 0.717) is 23.4 Å². The lowest BCUT2D eigenvalue weighted by Gasteiger charge is -2.46. The Morgan fingerprint density at radius 3 is 2.66 bits per heavy atom. The van der Waals surface area contributed by atoms with Crippen molar-refractivity contribution in [2.75, 3.05) is 13.2 Å². The minimum absolute atomic E-state index is 0.00338. The van der Waals surface area contributed by atoms with Crippen LogP contribution in [0.1, 0.15) is 41.0 Å². The Hall–Kier alpha value is -3.90. The number of benzene rings is 1. The summed E-state index contributed by atoms with van der Waals surface area (Å²) in [4.78, 5) is 18.9. The highest BCUT2D eigenvalue weighted by molar-refractivity contribution is 7.82. The molecule has 0 radical (unpaired) electrons. The van der Waals surface area contributed by atoms with Gasteiger partial charge in [0.15, 0.2) is 5.78 Å². The van der Waals surface area contributed by atoms with Crippen LogP contribution in [-0.2, 0) is 24.5 Å². The van der Waals surface area contributed by atoms with Crippen molar-refractivity contribution >= 4 is 22.8 Å². The van der Waals surface area contributed by atoms with Crippen LogP contribution in [0.15, 0.2) is 71.7 Å². The minimum Gasteiger partial charge on any atom is -0.291 e. The molecule has 0 N–H and O–H groups in total. The number of alkyl halides is 1. The Kier molecular flexibility index (Phi) is 7.20. The summed E-state index contributed by atoms with van der Waals surface area (Å²) in [6, 6.07) is 7.87. The zero-order valence-corrected chi connectivity index (χ0v) is 23.0. The molecule has 8 nitrogen and oxygen atoms in total. The largest absolute Gasteiger partial charge is 0.291 e. The summed E-state index contributed by atoms with van der Waals surface area (Å²) < 4.78 is 60.0. The number of fused-ring (bicyclic) bond motifs is 2. The van der Waals surface area contributed by atoms with Gasteiger partial charge in [-0.25, -0.2) is 26.4 Å². The Bertz CT molecular complexity index is 1670. The van der Waals surface area contributed by atoms with Crippen LogP contribution < -0.4 is 0 Å². The third kappa shape index (κ3) is 4.95. The fourth-order valence-corrected chi connectivity index (χ4v) is 7.34. The molecule has 0 spiro atoms. The summed E-state index contributed by atoms with van der Waals surface area (Å²) >= 11 is 0. The van der Waals surface area contributed by atoms with Gasteiger partial charge >= 0.3 is 0 Å². The standard InChI is InChI=1S/C29H27F3N6O2S/c1-36-18-25(17-34-36)41(40)37(11-9-30)24-5-2-20-12-27-19(16-35-38(27)23-6-3-21(31)4-7-23)14-29(20,15-24)28(39)26-13-22(32)8-10-33-26/h3-4,6-8,10,12-13,16-18,24H,2,5,9,11,14-15H2,1H3. The number of hydrogen-bond acceptors (Lipinski definition) is 5. The zero-order chi connectivity index (χ0) is 28.7. The third-order valence-corrected chi connectivity index (χ3v) is 9.42. The second-order valence-electron chi connectivity index (χ2n) is 10.4. The van der Waals surface area contributed by atoms with Crippen LogP contribution in [0.2, 0.25) is 0 Å². The number of allylic oxidation sites excluding steroid dienone is 1. The molecule has 1 aromatic carbocycles. The number of pyridine rings is 1. The second kappa shape index (κ2) is 10.8. The molecule has 0 saturated heterocycles. The highest BCUT2D eigenvalue weighted by atomic mass is 32.2. The summed E-state index contributed by atoms with van der Waals surface area (Å²) in [6.07, 6.45) is 9.48. The number of carbonyl (C=O) groups is 1. The molecule has 12 heteroatoms. The average molecular weight is 581 g/mol. The van der Waals surface area contributed by atoms with Crippen LogP contribution >= 0.6 is 0 Å². The van der Waals surface area contributed by atoms with Crippen LogP contribution in [-0.4, -0.2) is 58.1 Å². The molecule has 6 rings (SSSR count). The molecule has 4 aromatic rings. The molecule has 3 heterocycles. The van der Waals surface area contributed by atoms with E-state index in [1.54, 1.807) is 40.6 Å². The molecule has 3 atom stereocenters. The van der Waals surface area contributed by atoms with Gasteiger partial charge in [0.2, 0.25) is 0 Å². The highest BCUT2D eigenvalue weighted by Crippen LogP contribution is 2.51. The molecular formula is C29H27F3N6O2S. The van der Waals surface area contributed by atoms with Gasteiger partial charge < -0.3 is 0 Å². The molecule has 212 valence electrons. The maximum Gasteiger partial charge on any atom is 0.191 e. The number of aromatic nitrogens is 5. The highest BCUT2D eigenvalue weighted by Gasteiger charge is 2.51. The van der Waals surface area contributed by atoms with Crippen molar-refractivity contribution < 1.29 is 22.2 Å². The van der Waals surface area contributed by atoms with E-state index in [4.69, 9.17) is 0 Å². The Labute approximate surface area is 237 Å². The van der Waals surface area contributed by atoms with E-state index in [2.05, 4.69) is 15.2 Å². The number of nitrogens with zero attached hydrogens (tertiary/aromatic N) is 6. The number of Topliss-reactive ketones (excluding diaryl/α,β-unsaturated/α-hetero) is 1. The van der Waals surface area contributed by atoms with Crippen molar-refractivity contribution in [2.24, 2.45) is 12.5 Å². The van der Waals surface area contributed by atoms with Crippen LogP contribution in [0.3, 0.4) is 0 Å². The fraction of sp³-hybridized carbons (Fsp3) is 0.310. The van der Waals surface area contributed by atoms with E-state index in [1.807, 2.05) is 6.08 Å². The van der Waals surface area contributed by atoms with Crippen molar-refractivity contribution in [1.82, 2.24) is 28.9 Å². The van der Waals surface area contributed by atoms with Crippen molar-refractivity contribution in [2.45, 2.75) is 36.6 Å². The van der Waals surface area contributed by atoms with Crippen molar-refractivity contribution in [1.29, 1.82) is 0 Å². The first-order chi connectivity index (χ1) is 19.8. The summed E-state index contributed by atoms with van der Waals surface area (Å²) in [7, 11) is 0.0106. The van der Waals surface area contributed by atoms with Crippen LogP contribution in [0.5, 0.6) is 0 Å². The smallest absolute Gasteiger partial charge is 0.191 e. The SMILES string of the molecule is Cn1cc(S(=O)N(CCF)C2CCC3=Cc4c(cnn4-c4ccc(F)cc4)CC3(C(=O)c3cc(F)ccn3)C2)cn1. The average Bonchev–Trinajstić information content (AvgIpc) is 3.59. The fourth-order valence-electron chi connectivity index (χ4n) is 6.00. The minimum atomic E-state index is -1.70. The summed E-state index contributed by atoms with van der Waals surface area (Å²) in [5.41, 5.74) is 1.94. The zero-order valence-electron chi connectivity index (χ0n) is 22.2. The number of rotatable bonds is 8. The van der Waals surface area contributed by atoms with Gasteiger partial charge in [0.05, 0.1) is 34.1 Å². The molecule has 1 fully saturated rings. The first-order valence-electron chi connectivity index (χ1n) is 13.2. The van der Waals surface area contributed by atoms with Crippen molar-refractivity contribution in [3.63, 3.8) is 0 Å². The van der Waals surface area contributed by atoms with Crippen LogP contribution in [0.4, 0.5) is 13.2 Å². The number of aryl methyl sites for hydroxylation is 1. The van der Waals surface area contributed by atoms with Gasteiger partial charge in [-0.2, -0.15) is 10.2 Å². The van der Waals surface area contributed by atoms with Gasteiger partial charge in [0, 0.05) is 38.1 Å². The summed E-state index contributed by atoms with van der Waals surface area (Å²) in [5, 5.41) is 8.64. The molecule has 1 saturated carbocycles. The van der Waals surface area contributed by atoms with Gasteiger partial charge in [-0.15, -0.1) is 0 Å². The third-order valence-electron chi connectivity index (χ3n) is 7.90. The van der Waals surface area contributed by atoms with E-state index in [-0.39, 0.29) is 36.7 Å². The maximum atomic E-state index is 14.3. The lowest BCUT2D eigenvalue weighted by atomic mass is 9.60.